The van der Waals surface area contributed by atoms with Crippen molar-refractivity contribution in [3.8, 4) is 5.75 Å². The Hall–Kier alpha value is -2.03. The molecule has 2 aromatic carbocycles. The Morgan fingerprint density at radius 1 is 1.00 bits per heavy atom. The number of benzene rings is 2. The van der Waals surface area contributed by atoms with Crippen LogP contribution in [-0.2, 0) is 30.5 Å². The molecule has 0 fully saturated rings. The van der Waals surface area contributed by atoms with Crippen LogP contribution >= 0.6 is 15.9 Å². The molecule has 266 valence electrons. The zero-order chi connectivity index (χ0) is 36.0. The monoisotopic (exact) mass is 760 g/mol. The lowest BCUT2D eigenvalue weighted by molar-refractivity contribution is 0.0138. The molecule has 2 aromatic rings. The fourth-order valence-electron chi connectivity index (χ4n) is 4.45. The van der Waals surface area contributed by atoms with Gasteiger partial charge in [0.05, 0.1) is 26.4 Å². The van der Waals surface area contributed by atoms with Gasteiger partial charge in [-0.05, 0) is 87.6 Å². The molecule has 0 aliphatic carbocycles. The van der Waals surface area contributed by atoms with Gasteiger partial charge in [0.1, 0.15) is 22.1 Å². The topological polar surface area (TPSA) is 94.6 Å². The minimum absolute atomic E-state index is 0.00759. The largest absolute Gasteiger partial charge is 0.497 e. The van der Waals surface area contributed by atoms with Crippen LogP contribution in [0, 0.1) is 11.7 Å². The SMILES string of the molecule is COc1ccc(COC[C@@H](C)N(C[C@H](C)[C@H](CN(C)C(=O)OC(C)(C)C)O[Si](C)(C)C(C)(C)C)S(=O)(=O)c2ccc(Br)cc2F)cc1. The minimum Gasteiger partial charge on any atom is -0.497 e. The second-order valence-corrected chi connectivity index (χ2v) is 22.1. The number of carbonyl (C=O) groups is 1. The molecule has 1 amide bonds. The average molecular weight is 762 g/mol. The molecule has 0 aliphatic rings. The van der Waals surface area contributed by atoms with E-state index in [9.17, 15) is 13.2 Å². The molecule has 47 heavy (non-hydrogen) atoms. The van der Waals surface area contributed by atoms with Crippen molar-refractivity contribution in [2.75, 3.05) is 33.9 Å². The van der Waals surface area contributed by atoms with Crippen molar-refractivity contribution in [2.24, 2.45) is 5.92 Å². The molecule has 13 heteroatoms. The van der Waals surface area contributed by atoms with Crippen LogP contribution in [0.1, 0.15) is 61.0 Å². The number of hydrogen-bond donors (Lipinski definition) is 0. The molecule has 3 atom stereocenters. The number of likely N-dealkylation sites (N-methyl/N-ethyl adjacent to an activating group) is 1. The minimum atomic E-state index is -4.33. The standard InChI is InChI=1S/C34H54BrFN2O7SSi/c1-24(30(45-47(11,12)34(6,7)8)21-37(9)32(39)44-33(3,4)5)20-38(46(40,41)31-18-15-27(35)19-29(31)36)25(2)22-43-23-26-13-16-28(42-10)17-14-26/h13-19,24-25,30H,20-23H2,1-12H3/t24-,25+,30-/m0/s1. The lowest BCUT2D eigenvalue weighted by Gasteiger charge is -2.43. The van der Waals surface area contributed by atoms with Crippen LogP contribution in [0.5, 0.6) is 5.75 Å². The number of ether oxygens (including phenoxy) is 3. The van der Waals surface area contributed by atoms with Gasteiger partial charge in [-0.25, -0.2) is 17.6 Å². The summed E-state index contributed by atoms with van der Waals surface area (Å²) >= 11 is 3.22. The van der Waals surface area contributed by atoms with E-state index in [1.165, 1.54) is 21.3 Å². The van der Waals surface area contributed by atoms with Crippen LogP contribution in [0.2, 0.25) is 18.1 Å². The maximum absolute atomic E-state index is 15.2. The third-order valence-corrected chi connectivity index (χ3v) is 15.3. The van der Waals surface area contributed by atoms with Crippen molar-refractivity contribution >= 4 is 40.4 Å². The molecule has 0 saturated heterocycles. The Bertz CT molecular complexity index is 1430. The summed E-state index contributed by atoms with van der Waals surface area (Å²) in [6.45, 7) is 20.1. The molecule has 0 aromatic heterocycles. The number of amides is 1. The fraction of sp³-hybridized carbons (Fsp3) is 0.618. The Balaban J connectivity index is 2.45. The number of carbonyl (C=O) groups excluding carboxylic acids is 1. The lowest BCUT2D eigenvalue weighted by Crippen LogP contribution is -2.52. The van der Waals surface area contributed by atoms with E-state index in [1.54, 1.807) is 41.9 Å². The van der Waals surface area contributed by atoms with E-state index in [2.05, 4.69) is 49.8 Å². The average Bonchev–Trinajstić information content (AvgIpc) is 2.93. The van der Waals surface area contributed by atoms with E-state index < -0.39 is 58.8 Å². The van der Waals surface area contributed by atoms with Crippen LogP contribution < -0.4 is 4.74 Å². The van der Waals surface area contributed by atoms with Gasteiger partial charge in [0.2, 0.25) is 10.0 Å². The summed E-state index contributed by atoms with van der Waals surface area (Å²) in [5.41, 5.74) is 0.209. The van der Waals surface area contributed by atoms with E-state index in [4.69, 9.17) is 18.6 Å². The lowest BCUT2D eigenvalue weighted by atomic mass is 10.0. The molecule has 0 N–H and O–H groups in total. The number of sulfonamides is 1. The number of hydrogen-bond acceptors (Lipinski definition) is 7. The van der Waals surface area contributed by atoms with Crippen LogP contribution in [-0.4, -0.2) is 83.6 Å². The number of halogens is 2. The quantitative estimate of drug-likeness (QED) is 0.170. The highest BCUT2D eigenvalue weighted by Crippen LogP contribution is 2.38. The zero-order valence-electron chi connectivity index (χ0n) is 30.0. The Labute approximate surface area is 291 Å². The highest BCUT2D eigenvalue weighted by Gasteiger charge is 2.42. The summed E-state index contributed by atoms with van der Waals surface area (Å²) in [5, 5.41) is -0.148. The van der Waals surface area contributed by atoms with Gasteiger partial charge in [-0.2, -0.15) is 4.31 Å². The smallest absolute Gasteiger partial charge is 0.410 e. The molecule has 0 bridgehead atoms. The summed E-state index contributed by atoms with van der Waals surface area (Å²) in [6, 6.07) is 10.6. The Morgan fingerprint density at radius 2 is 1.60 bits per heavy atom. The normalized spacial score (nSPS) is 14.9. The van der Waals surface area contributed by atoms with Gasteiger partial charge >= 0.3 is 6.09 Å². The maximum Gasteiger partial charge on any atom is 0.410 e. The summed E-state index contributed by atoms with van der Waals surface area (Å²) in [7, 11) is -3.49. The molecule has 2 rings (SSSR count). The van der Waals surface area contributed by atoms with Crippen LogP contribution in [0.3, 0.4) is 0 Å². The second kappa shape index (κ2) is 16.6. The third-order valence-electron chi connectivity index (χ3n) is 8.27. The molecular weight excluding hydrogens is 707 g/mol. The van der Waals surface area contributed by atoms with Crippen LogP contribution in [0.15, 0.2) is 51.8 Å². The summed E-state index contributed by atoms with van der Waals surface area (Å²) < 4.78 is 68.9. The molecule has 0 radical (unpaired) electrons. The summed E-state index contributed by atoms with van der Waals surface area (Å²) in [4.78, 5) is 14.0. The molecular formula is C34H54BrFN2O7SSi. The van der Waals surface area contributed by atoms with Crippen molar-refractivity contribution in [3.63, 3.8) is 0 Å². The van der Waals surface area contributed by atoms with E-state index >= 15 is 4.39 Å². The van der Waals surface area contributed by atoms with Gasteiger partial charge in [0.15, 0.2) is 8.32 Å². The fourth-order valence-corrected chi connectivity index (χ4v) is 7.97. The molecule has 0 spiro atoms. The molecule has 0 saturated carbocycles. The van der Waals surface area contributed by atoms with Crippen molar-refractivity contribution < 1.29 is 36.2 Å². The summed E-state index contributed by atoms with van der Waals surface area (Å²) in [6.07, 6.45) is -1.05. The van der Waals surface area contributed by atoms with Crippen molar-refractivity contribution in [3.05, 3.63) is 58.3 Å². The molecule has 0 heterocycles. The van der Waals surface area contributed by atoms with Gasteiger partial charge in [-0.15, -0.1) is 0 Å². The van der Waals surface area contributed by atoms with Gasteiger partial charge < -0.3 is 23.5 Å². The predicted molar refractivity (Wildman–Crippen MR) is 190 cm³/mol. The highest BCUT2D eigenvalue weighted by molar-refractivity contribution is 9.10. The van der Waals surface area contributed by atoms with Crippen molar-refractivity contribution in [2.45, 2.75) is 103 Å². The first-order chi connectivity index (χ1) is 21.5. The molecule has 0 unspecified atom stereocenters. The Kier molecular flexibility index (Phi) is 14.5. The van der Waals surface area contributed by atoms with Crippen LogP contribution in [0.4, 0.5) is 9.18 Å². The summed E-state index contributed by atoms with van der Waals surface area (Å²) in [5.74, 6) is -0.551. The zero-order valence-corrected chi connectivity index (χ0v) is 33.4. The van der Waals surface area contributed by atoms with E-state index in [-0.39, 0.29) is 31.3 Å². The molecule has 9 nitrogen and oxygen atoms in total. The van der Waals surface area contributed by atoms with Gasteiger partial charge in [-0.3, -0.25) is 0 Å². The van der Waals surface area contributed by atoms with Crippen LogP contribution in [0.25, 0.3) is 0 Å². The van der Waals surface area contributed by atoms with E-state index in [0.717, 1.165) is 17.4 Å². The van der Waals surface area contributed by atoms with Crippen molar-refractivity contribution in [1.29, 1.82) is 0 Å². The predicted octanol–water partition coefficient (Wildman–Crippen LogP) is 8.09. The van der Waals surface area contributed by atoms with E-state index in [0.29, 0.717) is 4.47 Å². The first kappa shape index (κ1) is 41.1. The van der Waals surface area contributed by atoms with Gasteiger partial charge in [0.25, 0.3) is 0 Å². The number of rotatable bonds is 15. The number of nitrogens with zero attached hydrogens (tertiary/aromatic N) is 2. The Morgan fingerprint density at radius 3 is 2.11 bits per heavy atom. The molecule has 0 aliphatic heterocycles. The van der Waals surface area contributed by atoms with Crippen molar-refractivity contribution in [1.82, 2.24) is 9.21 Å². The first-order valence-electron chi connectivity index (χ1n) is 15.8. The maximum atomic E-state index is 15.2. The van der Waals surface area contributed by atoms with E-state index in [1.807, 2.05) is 31.2 Å². The second-order valence-electron chi connectivity index (χ2n) is 14.6. The van der Waals surface area contributed by atoms with Gasteiger partial charge in [-0.1, -0.05) is 55.8 Å². The van der Waals surface area contributed by atoms with Gasteiger partial charge in [0, 0.05) is 30.7 Å². The highest BCUT2D eigenvalue weighted by atomic mass is 79.9. The first-order valence-corrected chi connectivity index (χ1v) is 20.9. The number of methoxy groups -OCH3 is 1. The third kappa shape index (κ3) is 12.1.